The Balaban J connectivity index is 2.20. The second kappa shape index (κ2) is 9.13. The lowest BCUT2D eigenvalue weighted by atomic mass is 10.1. The zero-order valence-electron chi connectivity index (χ0n) is 11.9. The van der Waals surface area contributed by atoms with Crippen LogP contribution in [0.5, 0.6) is 0 Å². The molecule has 0 saturated carbocycles. The molecule has 0 radical (unpaired) electrons. The van der Waals surface area contributed by atoms with Crippen LogP contribution in [0.4, 0.5) is 0 Å². The zero-order chi connectivity index (χ0) is 15.7. The van der Waals surface area contributed by atoms with Crippen molar-refractivity contribution in [2.45, 2.75) is 25.7 Å². The molecule has 0 atom stereocenters. The normalized spacial score (nSPS) is 10.0. The molecular formula is C15H18ClNO4. The summed E-state index contributed by atoms with van der Waals surface area (Å²) in [5.41, 5.74) is 1.01. The van der Waals surface area contributed by atoms with Crippen molar-refractivity contribution in [1.29, 1.82) is 0 Å². The van der Waals surface area contributed by atoms with Gasteiger partial charge in [0.15, 0.2) is 5.78 Å². The van der Waals surface area contributed by atoms with Gasteiger partial charge in [-0.2, -0.15) is 0 Å². The molecule has 0 aliphatic rings. The monoisotopic (exact) mass is 311 g/mol. The SMILES string of the molecule is COC(=O)CCC(=O)CNC(=O)CCc1ccc(Cl)cc1. The van der Waals surface area contributed by atoms with Crippen molar-refractivity contribution in [2.24, 2.45) is 0 Å². The van der Waals surface area contributed by atoms with Crippen molar-refractivity contribution in [3.05, 3.63) is 34.9 Å². The fourth-order valence-corrected chi connectivity index (χ4v) is 1.75. The molecule has 0 saturated heterocycles. The minimum Gasteiger partial charge on any atom is -0.469 e. The van der Waals surface area contributed by atoms with Gasteiger partial charge in [-0.3, -0.25) is 14.4 Å². The predicted molar refractivity (Wildman–Crippen MR) is 79.0 cm³/mol. The minimum atomic E-state index is -0.433. The van der Waals surface area contributed by atoms with Crippen LogP contribution in [0, 0.1) is 0 Å². The lowest BCUT2D eigenvalue weighted by Crippen LogP contribution is -2.29. The van der Waals surface area contributed by atoms with Gasteiger partial charge in [-0.1, -0.05) is 23.7 Å². The quantitative estimate of drug-likeness (QED) is 0.744. The molecule has 0 aliphatic heterocycles. The molecule has 0 unspecified atom stereocenters. The van der Waals surface area contributed by atoms with Crippen molar-refractivity contribution in [3.63, 3.8) is 0 Å². The van der Waals surface area contributed by atoms with Crippen molar-refractivity contribution in [3.8, 4) is 0 Å². The Hall–Kier alpha value is -1.88. The Bertz CT molecular complexity index is 499. The number of methoxy groups -OCH3 is 1. The summed E-state index contributed by atoms with van der Waals surface area (Å²) in [6, 6.07) is 7.25. The second-order valence-corrected chi connectivity index (χ2v) is 4.95. The zero-order valence-corrected chi connectivity index (χ0v) is 12.6. The highest BCUT2D eigenvalue weighted by molar-refractivity contribution is 6.30. The van der Waals surface area contributed by atoms with Crippen LogP contribution in [0.25, 0.3) is 0 Å². The molecule has 0 bridgehead atoms. The molecule has 114 valence electrons. The van der Waals surface area contributed by atoms with Gasteiger partial charge in [-0.05, 0) is 24.1 Å². The number of carbonyl (C=O) groups is 3. The number of benzene rings is 1. The highest BCUT2D eigenvalue weighted by Crippen LogP contribution is 2.10. The molecule has 21 heavy (non-hydrogen) atoms. The Labute approximate surface area is 128 Å². The van der Waals surface area contributed by atoms with Gasteiger partial charge in [-0.25, -0.2) is 0 Å². The molecule has 0 aromatic heterocycles. The third-order valence-electron chi connectivity index (χ3n) is 2.87. The summed E-state index contributed by atoms with van der Waals surface area (Å²) in [6.07, 6.45) is 0.991. The van der Waals surface area contributed by atoms with E-state index in [0.29, 0.717) is 17.9 Å². The van der Waals surface area contributed by atoms with Crippen LogP contribution in [0.3, 0.4) is 0 Å². The first-order chi connectivity index (χ1) is 10.0. The number of ketones is 1. The molecular weight excluding hydrogens is 294 g/mol. The summed E-state index contributed by atoms with van der Waals surface area (Å²) in [7, 11) is 1.27. The molecule has 1 rings (SSSR count). The number of hydrogen-bond donors (Lipinski definition) is 1. The largest absolute Gasteiger partial charge is 0.469 e. The van der Waals surface area contributed by atoms with Gasteiger partial charge in [0, 0.05) is 17.9 Å². The molecule has 6 heteroatoms. The van der Waals surface area contributed by atoms with Gasteiger partial charge in [0.05, 0.1) is 20.1 Å². The standard InChI is InChI=1S/C15H18ClNO4/c1-21-15(20)9-7-13(18)10-17-14(19)8-4-11-2-5-12(16)6-3-11/h2-3,5-6H,4,7-10H2,1H3,(H,17,19). The van der Waals surface area contributed by atoms with E-state index in [-0.39, 0.29) is 31.1 Å². The number of Topliss-reactive ketones (excluding diaryl/α,β-unsaturated/α-hetero) is 1. The molecule has 0 heterocycles. The Morgan fingerprint density at radius 3 is 2.38 bits per heavy atom. The summed E-state index contributed by atoms with van der Waals surface area (Å²) >= 11 is 5.77. The van der Waals surface area contributed by atoms with Crippen LogP contribution in [0.2, 0.25) is 5.02 Å². The summed E-state index contributed by atoms with van der Waals surface area (Å²) < 4.78 is 4.43. The minimum absolute atomic E-state index is 0.0377. The van der Waals surface area contributed by atoms with Gasteiger partial charge in [0.1, 0.15) is 0 Å². The second-order valence-electron chi connectivity index (χ2n) is 4.52. The van der Waals surface area contributed by atoms with E-state index in [1.165, 1.54) is 7.11 Å². The summed E-state index contributed by atoms with van der Waals surface area (Å²) in [4.78, 5) is 33.9. The lowest BCUT2D eigenvalue weighted by molar-refractivity contribution is -0.141. The first-order valence-electron chi connectivity index (χ1n) is 6.61. The Kier molecular flexibility index (Phi) is 7.46. The molecule has 1 N–H and O–H groups in total. The van der Waals surface area contributed by atoms with E-state index in [1.54, 1.807) is 12.1 Å². The fourth-order valence-electron chi connectivity index (χ4n) is 1.63. The van der Waals surface area contributed by atoms with Crippen LogP contribution in [0.15, 0.2) is 24.3 Å². The number of amides is 1. The number of rotatable bonds is 8. The van der Waals surface area contributed by atoms with E-state index in [1.807, 2.05) is 12.1 Å². The molecule has 0 aliphatic carbocycles. The topological polar surface area (TPSA) is 72.5 Å². The maximum absolute atomic E-state index is 11.6. The number of hydrogen-bond acceptors (Lipinski definition) is 4. The first-order valence-corrected chi connectivity index (χ1v) is 6.98. The number of nitrogens with one attached hydrogen (secondary N) is 1. The molecule has 1 amide bonds. The van der Waals surface area contributed by atoms with Crippen molar-refractivity contribution in [2.75, 3.05) is 13.7 Å². The van der Waals surface area contributed by atoms with Crippen LogP contribution >= 0.6 is 11.6 Å². The Morgan fingerprint density at radius 1 is 1.10 bits per heavy atom. The highest BCUT2D eigenvalue weighted by Gasteiger charge is 2.09. The number of aryl methyl sites for hydroxylation is 1. The molecule has 1 aromatic carbocycles. The third-order valence-corrected chi connectivity index (χ3v) is 3.12. The number of carbonyl (C=O) groups excluding carboxylic acids is 3. The average molecular weight is 312 g/mol. The van der Waals surface area contributed by atoms with E-state index in [0.717, 1.165) is 5.56 Å². The van der Waals surface area contributed by atoms with E-state index in [9.17, 15) is 14.4 Å². The van der Waals surface area contributed by atoms with Crippen LogP contribution in [-0.4, -0.2) is 31.3 Å². The van der Waals surface area contributed by atoms with Gasteiger partial charge in [0.25, 0.3) is 0 Å². The van der Waals surface area contributed by atoms with Crippen LogP contribution in [-0.2, 0) is 25.5 Å². The Morgan fingerprint density at radius 2 is 1.76 bits per heavy atom. The summed E-state index contributed by atoms with van der Waals surface area (Å²) in [6.45, 7) is -0.0591. The summed E-state index contributed by atoms with van der Waals surface area (Å²) in [5.74, 6) is -0.825. The van der Waals surface area contributed by atoms with Gasteiger partial charge < -0.3 is 10.1 Å². The van der Waals surface area contributed by atoms with Gasteiger partial charge >= 0.3 is 5.97 Å². The van der Waals surface area contributed by atoms with E-state index in [2.05, 4.69) is 10.1 Å². The van der Waals surface area contributed by atoms with Crippen molar-refractivity contribution < 1.29 is 19.1 Å². The maximum Gasteiger partial charge on any atom is 0.305 e. The number of esters is 1. The van der Waals surface area contributed by atoms with Gasteiger partial charge in [-0.15, -0.1) is 0 Å². The van der Waals surface area contributed by atoms with Crippen LogP contribution < -0.4 is 5.32 Å². The maximum atomic E-state index is 11.6. The molecule has 1 aromatic rings. The predicted octanol–water partition coefficient (Wildman–Crippen LogP) is 1.91. The smallest absolute Gasteiger partial charge is 0.305 e. The third kappa shape index (κ3) is 7.46. The fraction of sp³-hybridized carbons (Fsp3) is 0.400. The van der Waals surface area contributed by atoms with Crippen molar-refractivity contribution in [1.82, 2.24) is 5.32 Å². The van der Waals surface area contributed by atoms with Crippen molar-refractivity contribution >= 4 is 29.3 Å². The molecule has 0 fully saturated rings. The van der Waals surface area contributed by atoms with E-state index >= 15 is 0 Å². The lowest BCUT2D eigenvalue weighted by Gasteiger charge is -2.05. The van der Waals surface area contributed by atoms with E-state index in [4.69, 9.17) is 11.6 Å². The number of halogens is 1. The number of ether oxygens (including phenoxy) is 1. The van der Waals surface area contributed by atoms with Gasteiger partial charge in [0.2, 0.25) is 5.91 Å². The molecule has 5 nitrogen and oxygen atoms in total. The van der Waals surface area contributed by atoms with Crippen LogP contribution in [0.1, 0.15) is 24.8 Å². The van der Waals surface area contributed by atoms with E-state index < -0.39 is 5.97 Å². The summed E-state index contributed by atoms with van der Waals surface area (Å²) in [5, 5.41) is 3.19. The first kappa shape index (κ1) is 17.2. The molecule has 0 spiro atoms. The average Bonchev–Trinajstić information content (AvgIpc) is 2.49. The highest BCUT2D eigenvalue weighted by atomic mass is 35.5.